The molecule has 0 saturated carbocycles. The molecule has 0 bridgehead atoms. The number of primary amides is 1. The van der Waals surface area contributed by atoms with E-state index in [0.29, 0.717) is 16.6 Å². The van der Waals surface area contributed by atoms with E-state index in [-0.39, 0.29) is 17.4 Å². The Morgan fingerprint density at radius 3 is 2.70 bits per heavy atom. The van der Waals surface area contributed by atoms with Gasteiger partial charge in [0.25, 0.3) is 5.91 Å². The lowest BCUT2D eigenvalue weighted by molar-refractivity contribution is -0.115. The average Bonchev–Trinajstić information content (AvgIpc) is 3.15. The number of anilines is 1. The fourth-order valence-electron chi connectivity index (χ4n) is 2.04. The van der Waals surface area contributed by atoms with Crippen molar-refractivity contribution in [1.29, 1.82) is 0 Å². The van der Waals surface area contributed by atoms with Gasteiger partial charge in [-0.15, -0.1) is 0 Å². The van der Waals surface area contributed by atoms with Gasteiger partial charge in [-0.2, -0.15) is 0 Å². The molecule has 3 rings (SSSR count). The quantitative estimate of drug-likeness (QED) is 0.872. The van der Waals surface area contributed by atoms with Crippen molar-refractivity contribution in [3.63, 3.8) is 0 Å². The van der Waals surface area contributed by atoms with E-state index in [4.69, 9.17) is 10.2 Å². The van der Waals surface area contributed by atoms with Crippen molar-refractivity contribution in [3.05, 3.63) is 60.2 Å². The molecule has 23 heavy (non-hydrogen) atoms. The number of amides is 2. The van der Waals surface area contributed by atoms with Gasteiger partial charge in [0.1, 0.15) is 11.5 Å². The SMILES string of the molecule is NC(=O)CSC1=N/C(=C/c2ccco2)C(=O)N1c1ccccc1. The van der Waals surface area contributed by atoms with Crippen LogP contribution in [0.4, 0.5) is 5.69 Å². The molecule has 0 unspecified atom stereocenters. The van der Waals surface area contributed by atoms with Crippen LogP contribution in [0.5, 0.6) is 0 Å². The van der Waals surface area contributed by atoms with Crippen LogP contribution in [0.25, 0.3) is 6.08 Å². The molecular weight excluding hydrogens is 314 g/mol. The predicted octanol–water partition coefficient (Wildman–Crippen LogP) is 2.24. The first kappa shape index (κ1) is 15.1. The Balaban J connectivity index is 1.95. The summed E-state index contributed by atoms with van der Waals surface area (Å²) in [4.78, 5) is 29.5. The van der Waals surface area contributed by atoms with Gasteiger partial charge in [-0.25, -0.2) is 4.99 Å². The monoisotopic (exact) mass is 327 g/mol. The van der Waals surface area contributed by atoms with Crippen molar-refractivity contribution >= 4 is 40.5 Å². The van der Waals surface area contributed by atoms with Crippen molar-refractivity contribution in [3.8, 4) is 0 Å². The number of carbonyl (C=O) groups excluding carboxylic acids is 2. The van der Waals surface area contributed by atoms with Gasteiger partial charge >= 0.3 is 0 Å². The number of nitrogens with two attached hydrogens (primary N) is 1. The third kappa shape index (κ3) is 3.35. The molecule has 0 spiro atoms. The van der Waals surface area contributed by atoms with Crippen molar-refractivity contribution in [2.45, 2.75) is 0 Å². The Morgan fingerprint density at radius 2 is 2.04 bits per heavy atom. The molecule has 0 fully saturated rings. The van der Waals surface area contributed by atoms with E-state index in [1.807, 2.05) is 18.2 Å². The van der Waals surface area contributed by atoms with Gasteiger partial charge in [0.05, 0.1) is 17.7 Å². The summed E-state index contributed by atoms with van der Waals surface area (Å²) in [6.45, 7) is 0. The second-order valence-electron chi connectivity index (χ2n) is 4.67. The maximum absolute atomic E-state index is 12.7. The van der Waals surface area contributed by atoms with E-state index in [2.05, 4.69) is 4.99 Å². The van der Waals surface area contributed by atoms with E-state index in [0.717, 1.165) is 11.8 Å². The lowest BCUT2D eigenvalue weighted by Gasteiger charge is -2.17. The third-order valence-corrected chi connectivity index (χ3v) is 3.97. The minimum atomic E-state index is -0.471. The van der Waals surface area contributed by atoms with Crippen LogP contribution in [-0.2, 0) is 9.59 Å². The second-order valence-corrected chi connectivity index (χ2v) is 5.61. The molecule has 2 heterocycles. The number of benzene rings is 1. The Morgan fingerprint density at radius 1 is 1.26 bits per heavy atom. The highest BCUT2D eigenvalue weighted by Crippen LogP contribution is 2.29. The highest BCUT2D eigenvalue weighted by atomic mass is 32.2. The summed E-state index contributed by atoms with van der Waals surface area (Å²) in [6, 6.07) is 12.6. The highest BCUT2D eigenvalue weighted by Gasteiger charge is 2.32. The minimum Gasteiger partial charge on any atom is -0.465 e. The molecule has 2 amide bonds. The van der Waals surface area contributed by atoms with Crippen LogP contribution < -0.4 is 10.6 Å². The van der Waals surface area contributed by atoms with Crippen LogP contribution >= 0.6 is 11.8 Å². The molecule has 116 valence electrons. The number of rotatable bonds is 4. The molecular formula is C16H13N3O3S. The molecule has 6 nitrogen and oxygen atoms in total. The zero-order valence-corrected chi connectivity index (χ0v) is 12.8. The summed E-state index contributed by atoms with van der Waals surface area (Å²) < 4.78 is 5.22. The minimum absolute atomic E-state index is 0.0451. The maximum Gasteiger partial charge on any atom is 0.283 e. The molecule has 0 radical (unpaired) electrons. The Bertz CT molecular complexity index is 782. The smallest absolute Gasteiger partial charge is 0.283 e. The van der Waals surface area contributed by atoms with Crippen LogP contribution in [0, 0.1) is 0 Å². The molecule has 7 heteroatoms. The zero-order chi connectivity index (χ0) is 16.2. The van der Waals surface area contributed by atoms with Crippen molar-refractivity contribution < 1.29 is 14.0 Å². The van der Waals surface area contributed by atoms with Crippen molar-refractivity contribution in [2.75, 3.05) is 10.7 Å². The Hall–Kier alpha value is -2.80. The van der Waals surface area contributed by atoms with Gasteiger partial charge in [0.2, 0.25) is 5.91 Å². The largest absolute Gasteiger partial charge is 0.465 e. The first-order chi connectivity index (χ1) is 11.1. The summed E-state index contributed by atoms with van der Waals surface area (Å²) in [5.41, 5.74) is 6.11. The molecule has 0 saturated heterocycles. The number of hydrogen-bond acceptors (Lipinski definition) is 5. The molecule has 0 aliphatic carbocycles. The molecule has 1 aromatic heterocycles. The lowest BCUT2D eigenvalue weighted by Crippen LogP contribution is -2.31. The van der Waals surface area contributed by atoms with E-state index < -0.39 is 5.91 Å². The van der Waals surface area contributed by atoms with Crippen LogP contribution in [-0.4, -0.2) is 22.7 Å². The number of para-hydroxylation sites is 1. The van der Waals surface area contributed by atoms with Gasteiger partial charge in [-0.3, -0.25) is 14.5 Å². The topological polar surface area (TPSA) is 88.9 Å². The normalized spacial score (nSPS) is 16.0. The summed E-state index contributed by atoms with van der Waals surface area (Å²) in [5, 5.41) is 0.415. The molecule has 2 N–H and O–H groups in total. The average molecular weight is 327 g/mol. The Kier molecular flexibility index (Phi) is 4.29. The first-order valence-electron chi connectivity index (χ1n) is 6.79. The standard InChI is InChI=1S/C16H13N3O3S/c17-14(20)10-23-16-18-13(9-12-7-4-8-22-12)15(21)19(16)11-5-2-1-3-6-11/h1-9H,10H2,(H2,17,20)/b13-9+. The van der Waals surface area contributed by atoms with E-state index >= 15 is 0 Å². The summed E-state index contributed by atoms with van der Waals surface area (Å²) >= 11 is 1.12. The van der Waals surface area contributed by atoms with Crippen LogP contribution in [0.1, 0.15) is 5.76 Å². The second kappa shape index (κ2) is 6.53. The first-order valence-corrected chi connectivity index (χ1v) is 7.78. The fourth-order valence-corrected chi connectivity index (χ4v) is 2.79. The Labute approximate surface area is 136 Å². The molecule has 1 aromatic carbocycles. The van der Waals surface area contributed by atoms with Gasteiger partial charge < -0.3 is 10.2 Å². The van der Waals surface area contributed by atoms with Crippen LogP contribution in [0.15, 0.2) is 63.8 Å². The molecule has 1 aliphatic rings. The molecule has 1 aliphatic heterocycles. The van der Waals surface area contributed by atoms with Crippen LogP contribution in [0.3, 0.4) is 0 Å². The maximum atomic E-state index is 12.7. The number of furan rings is 1. The van der Waals surface area contributed by atoms with E-state index in [9.17, 15) is 9.59 Å². The van der Waals surface area contributed by atoms with Crippen LogP contribution in [0.2, 0.25) is 0 Å². The third-order valence-electron chi connectivity index (χ3n) is 3.01. The predicted molar refractivity (Wildman–Crippen MR) is 89.7 cm³/mol. The van der Waals surface area contributed by atoms with Gasteiger partial charge in [-0.05, 0) is 24.3 Å². The summed E-state index contributed by atoms with van der Waals surface area (Å²) in [7, 11) is 0. The number of hydrogen-bond donors (Lipinski definition) is 1. The van der Waals surface area contributed by atoms with Gasteiger partial charge in [0, 0.05) is 6.08 Å². The number of aliphatic imine (C=N–C) groups is 1. The lowest BCUT2D eigenvalue weighted by atomic mass is 10.2. The van der Waals surface area contributed by atoms with E-state index in [1.165, 1.54) is 11.2 Å². The molecule has 2 aromatic rings. The summed E-state index contributed by atoms with van der Waals surface area (Å²) in [6.07, 6.45) is 3.09. The van der Waals surface area contributed by atoms with E-state index in [1.54, 1.807) is 30.3 Å². The highest BCUT2D eigenvalue weighted by molar-refractivity contribution is 8.14. The number of nitrogens with zero attached hydrogens (tertiary/aromatic N) is 2. The number of amidine groups is 1. The van der Waals surface area contributed by atoms with Crippen molar-refractivity contribution in [2.24, 2.45) is 10.7 Å². The zero-order valence-electron chi connectivity index (χ0n) is 12.0. The van der Waals surface area contributed by atoms with Gasteiger partial charge in [0.15, 0.2) is 5.17 Å². The number of thioether (sulfide) groups is 1. The molecule has 0 atom stereocenters. The van der Waals surface area contributed by atoms with Crippen molar-refractivity contribution in [1.82, 2.24) is 0 Å². The fraction of sp³-hybridized carbons (Fsp3) is 0.0625. The number of carbonyl (C=O) groups is 2. The summed E-state index contributed by atoms with van der Waals surface area (Å²) in [5.74, 6) is -0.170. The van der Waals surface area contributed by atoms with Gasteiger partial charge in [-0.1, -0.05) is 30.0 Å².